The summed E-state index contributed by atoms with van der Waals surface area (Å²) in [7, 11) is 0. The number of amides is 1. The molecule has 3 heterocycles. The number of carbonyl (C=O) groups is 1. The van der Waals surface area contributed by atoms with Gasteiger partial charge in [0.15, 0.2) is 0 Å². The zero-order chi connectivity index (χ0) is 24.6. The van der Waals surface area contributed by atoms with Crippen LogP contribution in [0.4, 0.5) is 24.7 Å². The molecule has 11 heteroatoms. The lowest BCUT2D eigenvalue weighted by Crippen LogP contribution is -2.46. The van der Waals surface area contributed by atoms with E-state index in [-0.39, 0.29) is 32.2 Å². The Kier molecular flexibility index (Phi) is 6.30. The van der Waals surface area contributed by atoms with Gasteiger partial charge < -0.3 is 20.6 Å². The van der Waals surface area contributed by atoms with Crippen LogP contribution in [-0.4, -0.2) is 59.4 Å². The summed E-state index contributed by atoms with van der Waals surface area (Å²) in [5.41, 5.74) is 1.67. The molecule has 190 valence electrons. The van der Waals surface area contributed by atoms with Crippen LogP contribution in [0.2, 0.25) is 0 Å². The molecule has 0 unspecified atom stereocenters. The molecule has 0 bridgehead atoms. The van der Waals surface area contributed by atoms with Crippen molar-refractivity contribution >= 4 is 39.0 Å². The molecule has 0 radical (unpaired) electrons. The number of aliphatic hydroxyl groups excluding tert-OH is 1. The fraction of sp³-hybridized carbons (Fsp3) is 0.458. The maximum Gasteiger partial charge on any atom is 0.393 e. The summed E-state index contributed by atoms with van der Waals surface area (Å²) in [4.78, 5) is 23.6. The van der Waals surface area contributed by atoms with Gasteiger partial charge in [0.25, 0.3) is 5.91 Å². The van der Waals surface area contributed by atoms with Gasteiger partial charge in [-0.3, -0.25) is 4.79 Å². The highest BCUT2D eigenvalue weighted by Gasteiger charge is 2.49. The first-order valence-corrected chi connectivity index (χ1v) is 12.4. The van der Waals surface area contributed by atoms with Gasteiger partial charge in [-0.1, -0.05) is 0 Å². The molecule has 1 aliphatic carbocycles. The van der Waals surface area contributed by atoms with Crippen LogP contribution in [0.25, 0.3) is 10.2 Å². The Labute approximate surface area is 207 Å². The van der Waals surface area contributed by atoms with Gasteiger partial charge in [0.05, 0.1) is 18.4 Å². The predicted octanol–water partition coefficient (Wildman–Crippen LogP) is 4.48. The third kappa shape index (κ3) is 5.20. The van der Waals surface area contributed by atoms with Crippen molar-refractivity contribution in [3.63, 3.8) is 0 Å². The summed E-state index contributed by atoms with van der Waals surface area (Å²) < 4.78 is 38.5. The van der Waals surface area contributed by atoms with Crippen molar-refractivity contribution in [1.82, 2.24) is 15.3 Å². The number of hydrogen-bond donors (Lipinski definition) is 3. The number of halogens is 3. The van der Waals surface area contributed by atoms with Crippen molar-refractivity contribution in [3.05, 3.63) is 47.1 Å². The Morgan fingerprint density at radius 3 is 2.74 bits per heavy atom. The van der Waals surface area contributed by atoms with Crippen LogP contribution < -0.4 is 15.5 Å². The molecule has 5 rings (SSSR count). The molecule has 1 saturated heterocycles. The minimum absolute atomic E-state index is 0. The second-order valence-electron chi connectivity index (χ2n) is 9.40. The molecule has 1 spiro atoms. The van der Waals surface area contributed by atoms with Crippen LogP contribution in [0.5, 0.6) is 0 Å². The van der Waals surface area contributed by atoms with E-state index in [1.807, 2.05) is 12.1 Å². The first kappa shape index (κ1) is 23.8. The molecule has 1 aliphatic heterocycles. The number of benzene rings is 1. The summed E-state index contributed by atoms with van der Waals surface area (Å²) in [6.45, 7) is 1.77. The maximum absolute atomic E-state index is 12.8. The van der Waals surface area contributed by atoms with E-state index >= 15 is 0 Å². The summed E-state index contributed by atoms with van der Waals surface area (Å²) >= 11 is 1.08. The fourth-order valence-electron chi connectivity index (χ4n) is 5.19. The van der Waals surface area contributed by atoms with Crippen LogP contribution in [0.3, 0.4) is 0 Å². The zero-order valence-corrected chi connectivity index (χ0v) is 19.8. The van der Waals surface area contributed by atoms with Gasteiger partial charge in [-0.15, -0.1) is 11.3 Å². The molecule has 1 aromatic carbocycles. The van der Waals surface area contributed by atoms with Crippen molar-refractivity contribution in [2.75, 3.05) is 36.5 Å². The third-order valence-corrected chi connectivity index (χ3v) is 7.79. The van der Waals surface area contributed by atoms with Crippen LogP contribution >= 0.6 is 11.3 Å². The number of anilines is 2. The van der Waals surface area contributed by atoms with Crippen molar-refractivity contribution in [3.8, 4) is 0 Å². The van der Waals surface area contributed by atoms with Crippen LogP contribution in [0, 0.1) is 5.41 Å². The normalized spacial score (nSPS) is 21.9. The first-order valence-electron chi connectivity index (χ1n) is 11.5. The number of thiophene rings is 1. The molecular formula is C24H30F3N5O2S. The van der Waals surface area contributed by atoms with Gasteiger partial charge in [0.2, 0.25) is 0 Å². The molecule has 1 amide bonds. The van der Waals surface area contributed by atoms with Gasteiger partial charge in [0.1, 0.15) is 17.0 Å². The minimum atomic E-state index is -4.24. The summed E-state index contributed by atoms with van der Waals surface area (Å²) in [6, 6.07) is 9.20. The van der Waals surface area contributed by atoms with E-state index in [1.54, 1.807) is 18.2 Å². The number of aromatic nitrogens is 2. The highest BCUT2D eigenvalue weighted by molar-refractivity contribution is 7.18. The van der Waals surface area contributed by atoms with Gasteiger partial charge in [0, 0.05) is 44.7 Å². The fourth-order valence-corrected chi connectivity index (χ4v) is 6.21. The van der Waals surface area contributed by atoms with Crippen molar-refractivity contribution in [2.45, 2.75) is 37.9 Å². The van der Waals surface area contributed by atoms with Crippen molar-refractivity contribution in [2.24, 2.45) is 5.41 Å². The second-order valence-corrected chi connectivity index (χ2v) is 10.5. The predicted molar refractivity (Wildman–Crippen MR) is 133 cm³/mol. The average Bonchev–Trinajstić information content (AvgIpc) is 3.40. The molecular weight excluding hydrogens is 479 g/mol. The highest BCUT2D eigenvalue weighted by atomic mass is 32.1. The van der Waals surface area contributed by atoms with E-state index in [9.17, 15) is 18.0 Å². The Balaban J connectivity index is 0.00000190. The van der Waals surface area contributed by atoms with Crippen LogP contribution in [-0.2, 0) is 6.42 Å². The molecule has 0 atom stereocenters. The maximum atomic E-state index is 12.8. The highest BCUT2D eigenvalue weighted by Crippen LogP contribution is 2.50. The number of fused-ring (bicyclic) bond motifs is 1. The van der Waals surface area contributed by atoms with E-state index in [1.165, 1.54) is 6.33 Å². The summed E-state index contributed by atoms with van der Waals surface area (Å²) in [5.74, 6) is 0.511. The van der Waals surface area contributed by atoms with Gasteiger partial charge in [-0.05, 0) is 55.0 Å². The SMILES string of the molecule is O=C(NCCO)c1ccc(NC2CC3(CCN(c4ncnc5sc(CC(F)(F)F)cc45)C3)C2)cc1.[HH].[HH]. The summed E-state index contributed by atoms with van der Waals surface area (Å²) in [6.07, 6.45) is -0.736. The van der Waals surface area contributed by atoms with E-state index < -0.39 is 12.6 Å². The zero-order valence-electron chi connectivity index (χ0n) is 18.9. The molecule has 1 saturated carbocycles. The van der Waals surface area contributed by atoms with E-state index in [0.29, 0.717) is 21.8 Å². The van der Waals surface area contributed by atoms with Crippen LogP contribution in [0.1, 0.15) is 37.4 Å². The molecule has 35 heavy (non-hydrogen) atoms. The standard InChI is InChI=1S/C24H26F3N5O2S.2H2/c25-24(26,27)12-18-9-19-20(29-14-30-22(19)35-18)32-7-5-23(13-32)10-17(11-23)31-16-3-1-15(2-4-16)21(34)28-6-8-33;;/h1-4,9,14,17,31,33H,5-8,10-13H2,(H,28,34);2*1H. The monoisotopic (exact) mass is 509 g/mol. The van der Waals surface area contributed by atoms with E-state index in [4.69, 9.17) is 5.11 Å². The average molecular weight is 510 g/mol. The van der Waals surface area contributed by atoms with Gasteiger partial charge >= 0.3 is 6.18 Å². The lowest BCUT2D eigenvalue weighted by molar-refractivity contribution is -0.126. The molecule has 3 N–H and O–H groups in total. The Morgan fingerprint density at radius 2 is 2.03 bits per heavy atom. The lowest BCUT2D eigenvalue weighted by atomic mass is 9.65. The second kappa shape index (κ2) is 9.27. The molecule has 2 aliphatic rings. The quantitative estimate of drug-likeness (QED) is 0.435. The van der Waals surface area contributed by atoms with Gasteiger partial charge in [-0.2, -0.15) is 13.2 Å². The van der Waals surface area contributed by atoms with Crippen molar-refractivity contribution < 1.29 is 25.9 Å². The number of hydrogen-bond acceptors (Lipinski definition) is 7. The topological polar surface area (TPSA) is 90.4 Å². The number of nitrogens with zero attached hydrogens (tertiary/aromatic N) is 3. The van der Waals surface area contributed by atoms with Crippen molar-refractivity contribution in [1.29, 1.82) is 0 Å². The molecule has 2 aromatic heterocycles. The largest absolute Gasteiger partial charge is 0.395 e. The Bertz CT molecular complexity index is 1220. The minimum Gasteiger partial charge on any atom is -0.395 e. The lowest BCUT2D eigenvalue weighted by Gasteiger charge is -2.46. The Morgan fingerprint density at radius 1 is 1.26 bits per heavy atom. The number of alkyl halides is 3. The Hall–Kier alpha value is -2.92. The smallest absolute Gasteiger partial charge is 0.393 e. The summed E-state index contributed by atoms with van der Waals surface area (Å²) in [5, 5.41) is 15.7. The first-order chi connectivity index (χ1) is 16.7. The molecule has 2 fully saturated rings. The molecule has 3 aromatic rings. The number of carbonyl (C=O) groups excluding carboxylic acids is 1. The molecule has 7 nitrogen and oxygen atoms in total. The van der Waals surface area contributed by atoms with Crippen LogP contribution in [0.15, 0.2) is 36.7 Å². The third-order valence-electron chi connectivity index (χ3n) is 6.75. The van der Waals surface area contributed by atoms with Gasteiger partial charge in [-0.25, -0.2) is 9.97 Å². The number of nitrogens with one attached hydrogen (secondary N) is 2. The number of rotatable bonds is 7. The van der Waals surface area contributed by atoms with E-state index in [2.05, 4.69) is 25.5 Å². The van der Waals surface area contributed by atoms with E-state index in [0.717, 1.165) is 55.2 Å². The number of aliphatic hydroxyl groups is 1.